The fraction of sp³-hybridized carbons (Fsp3) is 0.381. The van der Waals surface area contributed by atoms with E-state index in [0.29, 0.717) is 12.2 Å². The summed E-state index contributed by atoms with van der Waals surface area (Å²) in [6.45, 7) is 3.92. The average Bonchev–Trinajstić information content (AvgIpc) is 2.69. The van der Waals surface area contributed by atoms with Crippen LogP contribution in [0.2, 0.25) is 0 Å². The Hall–Kier alpha value is -1.82. The molecular weight excluding hydrogens is 344 g/mol. The molecule has 1 aliphatic heterocycles. The van der Waals surface area contributed by atoms with E-state index >= 15 is 0 Å². The number of hydrogen-bond acceptors (Lipinski definition) is 4. The van der Waals surface area contributed by atoms with Crippen molar-refractivity contribution in [3.8, 4) is 0 Å². The molecule has 0 spiro atoms. The molecule has 0 bridgehead atoms. The Morgan fingerprint density at radius 1 is 1.12 bits per heavy atom. The molecule has 1 amide bonds. The smallest absolute Gasteiger partial charge is 0.256 e. The minimum absolute atomic E-state index is 0.101. The molecule has 1 N–H and O–H groups in total. The normalized spacial score (nSPS) is 15.0. The molecule has 1 aliphatic rings. The molecule has 0 aliphatic carbocycles. The predicted octanol–water partition coefficient (Wildman–Crippen LogP) is 3.68. The number of thioether (sulfide) groups is 1. The van der Waals surface area contributed by atoms with Crippen molar-refractivity contribution in [1.82, 2.24) is 4.90 Å². The average molecular weight is 371 g/mol. The van der Waals surface area contributed by atoms with Gasteiger partial charge in [0.2, 0.25) is 0 Å². The number of benzene rings is 2. The Bertz CT molecular complexity index is 712. The Morgan fingerprint density at radius 2 is 1.85 bits per heavy atom. The lowest BCUT2D eigenvalue weighted by Crippen LogP contribution is -2.34. The third kappa shape index (κ3) is 5.34. The Balaban J connectivity index is 1.56. The molecule has 138 valence electrons. The molecule has 2 aromatic carbocycles. The van der Waals surface area contributed by atoms with Gasteiger partial charge in [0.15, 0.2) is 0 Å². The van der Waals surface area contributed by atoms with E-state index in [2.05, 4.69) is 22.3 Å². The summed E-state index contributed by atoms with van der Waals surface area (Å²) in [6, 6.07) is 15.7. The lowest BCUT2D eigenvalue weighted by Gasteiger charge is -2.26. The highest BCUT2D eigenvalue weighted by Crippen LogP contribution is 2.16. The van der Waals surface area contributed by atoms with Crippen molar-refractivity contribution in [2.24, 2.45) is 0 Å². The van der Waals surface area contributed by atoms with Gasteiger partial charge in [-0.1, -0.05) is 30.3 Å². The lowest BCUT2D eigenvalue weighted by atomic mass is 10.1. The van der Waals surface area contributed by atoms with Crippen LogP contribution < -0.4 is 5.32 Å². The maximum atomic E-state index is 12.6. The summed E-state index contributed by atoms with van der Waals surface area (Å²) in [4.78, 5) is 15.1. The minimum Gasteiger partial charge on any atom is -0.380 e. The van der Waals surface area contributed by atoms with Crippen LogP contribution in [0.5, 0.6) is 0 Å². The number of amides is 1. The zero-order chi connectivity index (χ0) is 18.2. The highest BCUT2D eigenvalue weighted by atomic mass is 32.2. The number of hydrogen-bond donors (Lipinski definition) is 1. The Labute approximate surface area is 159 Å². The van der Waals surface area contributed by atoms with Gasteiger partial charge in [-0.05, 0) is 35.7 Å². The van der Waals surface area contributed by atoms with Crippen molar-refractivity contribution in [3.63, 3.8) is 0 Å². The SMILES string of the molecule is COCc1ccccc1C(=O)Nc1ccc(CCN2CCSCC2)cc1. The molecule has 1 saturated heterocycles. The molecule has 3 rings (SSSR count). The summed E-state index contributed by atoms with van der Waals surface area (Å²) in [5.74, 6) is 2.39. The number of nitrogens with zero attached hydrogens (tertiary/aromatic N) is 1. The first kappa shape index (κ1) is 19.0. The van der Waals surface area contributed by atoms with Crippen molar-refractivity contribution < 1.29 is 9.53 Å². The van der Waals surface area contributed by atoms with Gasteiger partial charge in [0.25, 0.3) is 5.91 Å². The Kier molecular flexibility index (Phi) is 7.12. The third-order valence-electron chi connectivity index (χ3n) is 4.59. The number of methoxy groups -OCH3 is 1. The number of carbonyl (C=O) groups excluding carboxylic acids is 1. The third-order valence-corrected chi connectivity index (χ3v) is 5.54. The van der Waals surface area contributed by atoms with Gasteiger partial charge in [0.1, 0.15) is 0 Å². The van der Waals surface area contributed by atoms with Gasteiger partial charge >= 0.3 is 0 Å². The summed E-state index contributed by atoms with van der Waals surface area (Å²) < 4.78 is 5.18. The molecule has 5 heteroatoms. The van der Waals surface area contributed by atoms with Crippen LogP contribution in [0.3, 0.4) is 0 Å². The second-order valence-corrected chi connectivity index (χ2v) is 7.67. The van der Waals surface area contributed by atoms with Gasteiger partial charge in [-0.25, -0.2) is 0 Å². The van der Waals surface area contributed by atoms with Crippen molar-refractivity contribution in [3.05, 3.63) is 65.2 Å². The summed E-state index contributed by atoms with van der Waals surface area (Å²) in [5.41, 5.74) is 3.67. The van der Waals surface area contributed by atoms with Crippen molar-refractivity contribution in [1.29, 1.82) is 0 Å². The van der Waals surface area contributed by atoms with Crippen LogP contribution in [0, 0.1) is 0 Å². The summed E-state index contributed by atoms with van der Waals surface area (Å²) in [5, 5.41) is 2.98. The van der Waals surface area contributed by atoms with E-state index in [9.17, 15) is 4.79 Å². The number of carbonyl (C=O) groups is 1. The molecule has 0 radical (unpaired) electrons. The zero-order valence-corrected chi connectivity index (χ0v) is 16.1. The van der Waals surface area contributed by atoms with Crippen LogP contribution in [-0.2, 0) is 17.8 Å². The second-order valence-electron chi connectivity index (χ2n) is 6.45. The molecule has 4 nitrogen and oxygen atoms in total. The van der Waals surface area contributed by atoms with E-state index in [1.165, 1.54) is 30.2 Å². The lowest BCUT2D eigenvalue weighted by molar-refractivity contribution is 0.102. The van der Waals surface area contributed by atoms with Gasteiger partial charge in [-0.2, -0.15) is 11.8 Å². The van der Waals surface area contributed by atoms with E-state index in [4.69, 9.17) is 4.74 Å². The first-order valence-electron chi connectivity index (χ1n) is 9.03. The van der Waals surface area contributed by atoms with Crippen LogP contribution in [0.15, 0.2) is 48.5 Å². The maximum absolute atomic E-state index is 12.6. The van der Waals surface area contributed by atoms with Crippen molar-refractivity contribution in [2.45, 2.75) is 13.0 Å². The van der Waals surface area contributed by atoms with Crippen LogP contribution in [0.1, 0.15) is 21.5 Å². The number of rotatable bonds is 7. The standard InChI is InChI=1S/C21H26N2O2S/c1-25-16-18-4-2-3-5-20(18)21(24)22-19-8-6-17(7-9-19)10-11-23-12-14-26-15-13-23/h2-9H,10-16H2,1H3,(H,22,24). The molecule has 2 aromatic rings. The van der Waals surface area contributed by atoms with Crippen molar-refractivity contribution >= 4 is 23.4 Å². The summed E-state index contributed by atoms with van der Waals surface area (Å²) in [7, 11) is 1.64. The highest BCUT2D eigenvalue weighted by Gasteiger charge is 2.12. The minimum atomic E-state index is -0.101. The molecule has 1 heterocycles. The Morgan fingerprint density at radius 3 is 2.58 bits per heavy atom. The molecule has 26 heavy (non-hydrogen) atoms. The molecule has 1 fully saturated rings. The molecular formula is C21H26N2O2S. The van der Waals surface area contributed by atoms with E-state index in [1.54, 1.807) is 7.11 Å². The molecule has 0 atom stereocenters. The predicted molar refractivity (Wildman–Crippen MR) is 109 cm³/mol. The van der Waals surface area contributed by atoms with Crippen LogP contribution in [0.25, 0.3) is 0 Å². The fourth-order valence-electron chi connectivity index (χ4n) is 3.09. The first-order valence-corrected chi connectivity index (χ1v) is 10.2. The topological polar surface area (TPSA) is 41.6 Å². The van der Waals surface area contributed by atoms with E-state index in [1.807, 2.05) is 48.2 Å². The second kappa shape index (κ2) is 9.76. The number of ether oxygens (including phenoxy) is 1. The largest absolute Gasteiger partial charge is 0.380 e. The maximum Gasteiger partial charge on any atom is 0.256 e. The monoisotopic (exact) mass is 370 g/mol. The van der Waals surface area contributed by atoms with Gasteiger partial charge < -0.3 is 15.0 Å². The molecule has 0 saturated carbocycles. The van der Waals surface area contributed by atoms with Crippen LogP contribution in [0.4, 0.5) is 5.69 Å². The fourth-order valence-corrected chi connectivity index (χ4v) is 4.07. The van der Waals surface area contributed by atoms with Gasteiger partial charge in [0, 0.05) is 49.5 Å². The molecule has 0 unspecified atom stereocenters. The van der Waals surface area contributed by atoms with Gasteiger partial charge in [-0.15, -0.1) is 0 Å². The van der Waals surface area contributed by atoms with Crippen LogP contribution in [-0.4, -0.2) is 49.1 Å². The molecule has 0 aromatic heterocycles. The summed E-state index contributed by atoms with van der Waals surface area (Å²) >= 11 is 2.04. The van der Waals surface area contributed by atoms with Crippen LogP contribution >= 0.6 is 11.8 Å². The number of anilines is 1. The van der Waals surface area contributed by atoms with E-state index in [-0.39, 0.29) is 5.91 Å². The van der Waals surface area contributed by atoms with E-state index in [0.717, 1.165) is 24.2 Å². The quantitative estimate of drug-likeness (QED) is 0.807. The highest BCUT2D eigenvalue weighted by molar-refractivity contribution is 7.99. The van der Waals surface area contributed by atoms with Gasteiger partial charge in [-0.3, -0.25) is 4.79 Å². The number of nitrogens with one attached hydrogen (secondary N) is 1. The van der Waals surface area contributed by atoms with Crippen molar-refractivity contribution in [2.75, 3.05) is 43.6 Å². The first-order chi connectivity index (χ1) is 12.8. The summed E-state index contributed by atoms with van der Waals surface area (Å²) in [6.07, 6.45) is 1.05. The van der Waals surface area contributed by atoms with Gasteiger partial charge in [0.05, 0.1) is 6.61 Å². The van der Waals surface area contributed by atoms with E-state index < -0.39 is 0 Å². The zero-order valence-electron chi connectivity index (χ0n) is 15.2.